The van der Waals surface area contributed by atoms with Crippen molar-refractivity contribution in [3.05, 3.63) is 71.8 Å². The minimum Gasteiger partial charge on any atom is -0.492 e. The van der Waals surface area contributed by atoms with Gasteiger partial charge in [-0.25, -0.2) is 9.18 Å². The van der Waals surface area contributed by atoms with Gasteiger partial charge in [-0.15, -0.1) is 0 Å². The Labute approximate surface area is 242 Å². The quantitative estimate of drug-likeness (QED) is 0.279. The molecule has 1 saturated heterocycles. The average molecular weight is 580 g/mol. The lowest BCUT2D eigenvalue weighted by atomic mass is 10.1. The van der Waals surface area contributed by atoms with Gasteiger partial charge in [-0.2, -0.15) is 10.2 Å². The summed E-state index contributed by atoms with van der Waals surface area (Å²) in [6.45, 7) is 6.57. The van der Waals surface area contributed by atoms with E-state index >= 15 is 0 Å². The second-order valence-electron chi connectivity index (χ2n) is 9.57. The minimum absolute atomic E-state index is 0.282. The lowest BCUT2D eigenvalue weighted by Crippen LogP contribution is -2.49. The number of carbonyl (C=O) groups is 1. The molecule has 5 rings (SSSR count). The van der Waals surface area contributed by atoms with Crippen LogP contribution in [-0.4, -0.2) is 90.6 Å². The number of methoxy groups -OCH3 is 1. The standard InChI is InChI=1S/C29H31ClFN7O3/c1-40-29(39)33-8-9-37-10-12-38(13-11-37)14-15-41-22-3-4-23-26(6-7-32-27(23)18-22)35-21-17-28(36-34-19-21)24-16-20(30)2-5-25(24)31/h2-7,16-19H,8-15H2,1H3,(H,33,39)(H,32,35,36). The van der Waals surface area contributed by atoms with E-state index in [2.05, 4.69) is 40.4 Å². The predicted octanol–water partition coefficient (Wildman–Crippen LogP) is 4.58. The monoisotopic (exact) mass is 579 g/mol. The van der Waals surface area contributed by atoms with Crippen molar-refractivity contribution in [3.63, 3.8) is 0 Å². The van der Waals surface area contributed by atoms with Gasteiger partial charge >= 0.3 is 6.09 Å². The van der Waals surface area contributed by atoms with E-state index in [1.807, 2.05) is 24.3 Å². The summed E-state index contributed by atoms with van der Waals surface area (Å²) in [5, 5.41) is 15.5. The van der Waals surface area contributed by atoms with Crippen LogP contribution in [0.4, 0.5) is 20.6 Å². The van der Waals surface area contributed by atoms with Crippen LogP contribution in [0.3, 0.4) is 0 Å². The van der Waals surface area contributed by atoms with E-state index in [-0.39, 0.29) is 5.56 Å². The van der Waals surface area contributed by atoms with Crippen LogP contribution in [0, 0.1) is 5.82 Å². The average Bonchev–Trinajstić information content (AvgIpc) is 2.99. The smallest absolute Gasteiger partial charge is 0.406 e. The van der Waals surface area contributed by atoms with Gasteiger partial charge in [0.25, 0.3) is 0 Å². The van der Waals surface area contributed by atoms with Gasteiger partial charge in [-0.3, -0.25) is 14.8 Å². The van der Waals surface area contributed by atoms with E-state index < -0.39 is 11.9 Å². The number of aromatic nitrogens is 3. The van der Waals surface area contributed by atoms with Gasteiger partial charge in [0.1, 0.15) is 18.2 Å². The second-order valence-corrected chi connectivity index (χ2v) is 10.0. The molecule has 0 aliphatic carbocycles. The van der Waals surface area contributed by atoms with Gasteiger partial charge < -0.3 is 20.1 Å². The third-order valence-corrected chi connectivity index (χ3v) is 7.11. The van der Waals surface area contributed by atoms with E-state index in [0.717, 1.165) is 61.6 Å². The van der Waals surface area contributed by atoms with Crippen LogP contribution < -0.4 is 15.4 Å². The van der Waals surface area contributed by atoms with Crippen molar-refractivity contribution in [1.29, 1.82) is 0 Å². The number of fused-ring (bicyclic) bond motifs is 1. The maximum Gasteiger partial charge on any atom is 0.406 e. The number of ether oxygens (including phenoxy) is 2. The fourth-order valence-corrected chi connectivity index (χ4v) is 4.83. The Morgan fingerprint density at radius 2 is 1.85 bits per heavy atom. The maximum atomic E-state index is 14.4. The number of benzene rings is 2. The van der Waals surface area contributed by atoms with Crippen molar-refractivity contribution in [1.82, 2.24) is 30.3 Å². The van der Waals surface area contributed by atoms with Crippen molar-refractivity contribution < 1.29 is 18.7 Å². The second kappa shape index (κ2) is 13.5. The van der Waals surface area contributed by atoms with Crippen LogP contribution in [0.2, 0.25) is 5.02 Å². The van der Waals surface area contributed by atoms with Crippen molar-refractivity contribution in [2.45, 2.75) is 0 Å². The molecular weight excluding hydrogens is 549 g/mol. The number of halogens is 2. The number of hydrogen-bond donors (Lipinski definition) is 2. The fraction of sp³-hybridized carbons (Fsp3) is 0.310. The van der Waals surface area contributed by atoms with Gasteiger partial charge in [-0.05, 0) is 42.5 Å². The van der Waals surface area contributed by atoms with E-state index in [1.54, 1.807) is 18.5 Å². The summed E-state index contributed by atoms with van der Waals surface area (Å²) in [5.41, 5.74) is 2.92. The molecule has 41 heavy (non-hydrogen) atoms. The van der Waals surface area contributed by atoms with Crippen LogP contribution in [0.5, 0.6) is 5.75 Å². The first kappa shape index (κ1) is 28.5. The molecule has 12 heteroatoms. The number of anilines is 2. The van der Waals surface area contributed by atoms with Crippen LogP contribution in [-0.2, 0) is 4.74 Å². The van der Waals surface area contributed by atoms with E-state index in [4.69, 9.17) is 16.3 Å². The molecule has 2 aromatic carbocycles. The normalized spacial score (nSPS) is 14.1. The minimum atomic E-state index is -0.421. The summed E-state index contributed by atoms with van der Waals surface area (Å²) in [4.78, 5) is 20.4. The SMILES string of the molecule is COC(=O)NCCN1CCN(CCOc2ccc3c(Nc4cnnc(-c5cc(Cl)ccc5F)c4)ccnc3c2)CC1. The number of amides is 1. The van der Waals surface area contributed by atoms with Crippen molar-refractivity contribution in [2.24, 2.45) is 0 Å². The number of alkyl carbamates (subject to hydrolysis) is 1. The number of pyridine rings is 1. The summed E-state index contributed by atoms with van der Waals surface area (Å²) < 4.78 is 25.0. The van der Waals surface area contributed by atoms with Crippen LogP contribution in [0.1, 0.15) is 0 Å². The number of hydrogen-bond acceptors (Lipinski definition) is 9. The first-order chi connectivity index (χ1) is 20.0. The van der Waals surface area contributed by atoms with E-state index in [0.29, 0.717) is 29.6 Å². The van der Waals surface area contributed by atoms with Crippen LogP contribution in [0.15, 0.2) is 60.9 Å². The summed E-state index contributed by atoms with van der Waals surface area (Å²) in [6.07, 6.45) is 2.90. The van der Waals surface area contributed by atoms with Gasteiger partial charge in [0.15, 0.2) is 0 Å². The highest BCUT2D eigenvalue weighted by Crippen LogP contribution is 2.30. The Morgan fingerprint density at radius 1 is 1.05 bits per heavy atom. The molecule has 1 aliphatic heterocycles. The van der Waals surface area contributed by atoms with E-state index in [9.17, 15) is 9.18 Å². The molecule has 1 amide bonds. The third kappa shape index (κ3) is 7.57. The molecule has 0 unspecified atom stereocenters. The molecule has 2 aromatic heterocycles. The zero-order chi connectivity index (χ0) is 28.6. The van der Waals surface area contributed by atoms with Crippen molar-refractivity contribution in [3.8, 4) is 17.0 Å². The lowest BCUT2D eigenvalue weighted by Gasteiger charge is -2.34. The molecule has 0 bridgehead atoms. The topological polar surface area (TPSA) is 105 Å². The Hall–Kier alpha value is -4.06. The van der Waals surface area contributed by atoms with Gasteiger partial charge in [0.05, 0.1) is 30.2 Å². The molecule has 0 radical (unpaired) electrons. The Morgan fingerprint density at radius 3 is 2.66 bits per heavy atom. The molecule has 2 N–H and O–H groups in total. The number of rotatable bonds is 10. The number of nitrogens with one attached hydrogen (secondary N) is 2. The largest absolute Gasteiger partial charge is 0.492 e. The van der Waals surface area contributed by atoms with Gasteiger partial charge in [-0.1, -0.05) is 11.6 Å². The highest BCUT2D eigenvalue weighted by Gasteiger charge is 2.17. The summed E-state index contributed by atoms with van der Waals surface area (Å²) in [7, 11) is 1.37. The van der Waals surface area contributed by atoms with Gasteiger partial charge in [0, 0.05) is 79.7 Å². The summed E-state index contributed by atoms with van der Waals surface area (Å²) in [6, 6.07) is 13.7. The number of carbonyl (C=O) groups excluding carboxylic acids is 1. The molecular formula is C29H31ClFN7O3. The maximum absolute atomic E-state index is 14.4. The number of piperazine rings is 1. The molecule has 10 nitrogen and oxygen atoms in total. The first-order valence-corrected chi connectivity index (χ1v) is 13.7. The Kier molecular flexibility index (Phi) is 9.40. The molecule has 3 heterocycles. The highest BCUT2D eigenvalue weighted by molar-refractivity contribution is 6.30. The van der Waals surface area contributed by atoms with Crippen LogP contribution >= 0.6 is 11.6 Å². The molecule has 1 fully saturated rings. The zero-order valence-corrected chi connectivity index (χ0v) is 23.4. The fourth-order valence-electron chi connectivity index (χ4n) is 4.66. The van der Waals surface area contributed by atoms with Crippen molar-refractivity contribution >= 4 is 40.0 Å². The summed E-state index contributed by atoms with van der Waals surface area (Å²) >= 11 is 6.05. The first-order valence-electron chi connectivity index (χ1n) is 13.3. The molecule has 1 aliphatic rings. The third-order valence-electron chi connectivity index (χ3n) is 6.88. The predicted molar refractivity (Wildman–Crippen MR) is 156 cm³/mol. The molecule has 0 saturated carbocycles. The molecule has 4 aromatic rings. The van der Waals surface area contributed by atoms with Crippen molar-refractivity contribution in [2.75, 3.05) is 64.8 Å². The lowest BCUT2D eigenvalue weighted by molar-refractivity contribution is 0.116. The Balaban J connectivity index is 1.15. The van der Waals surface area contributed by atoms with Gasteiger partial charge in [0.2, 0.25) is 0 Å². The molecule has 214 valence electrons. The molecule has 0 atom stereocenters. The number of nitrogens with zero attached hydrogens (tertiary/aromatic N) is 5. The summed E-state index contributed by atoms with van der Waals surface area (Å²) in [5.74, 6) is 0.328. The van der Waals surface area contributed by atoms with Crippen LogP contribution in [0.25, 0.3) is 22.2 Å². The zero-order valence-electron chi connectivity index (χ0n) is 22.6. The van der Waals surface area contributed by atoms with E-state index in [1.165, 1.54) is 25.3 Å². The highest BCUT2D eigenvalue weighted by atomic mass is 35.5. The Bertz CT molecular complexity index is 1500. The molecule has 0 spiro atoms.